The van der Waals surface area contributed by atoms with Crippen LogP contribution in [0.4, 0.5) is 15.8 Å². The van der Waals surface area contributed by atoms with Crippen LogP contribution in [0.1, 0.15) is 6.42 Å². The zero-order chi connectivity index (χ0) is 14.0. The molecule has 2 atom stereocenters. The molecule has 1 aliphatic heterocycles. The SMILES string of the molecule is COc1cc(N2CC[C@H](N)[C@@H](F)C2)ccc1[N+](=O)[O-]. The highest BCUT2D eigenvalue weighted by Crippen LogP contribution is 2.32. The van der Waals surface area contributed by atoms with Crippen molar-refractivity contribution >= 4 is 11.4 Å². The van der Waals surface area contributed by atoms with Gasteiger partial charge >= 0.3 is 5.69 Å². The molecule has 7 heteroatoms. The number of methoxy groups -OCH3 is 1. The zero-order valence-electron chi connectivity index (χ0n) is 10.6. The summed E-state index contributed by atoms with van der Waals surface area (Å²) in [5.74, 6) is 0.174. The van der Waals surface area contributed by atoms with E-state index in [1.54, 1.807) is 12.1 Å². The zero-order valence-corrected chi connectivity index (χ0v) is 10.6. The quantitative estimate of drug-likeness (QED) is 0.664. The van der Waals surface area contributed by atoms with Crippen LogP contribution in [0.2, 0.25) is 0 Å². The molecule has 0 unspecified atom stereocenters. The maximum atomic E-state index is 13.6. The number of ether oxygens (including phenoxy) is 1. The molecule has 19 heavy (non-hydrogen) atoms. The first kappa shape index (κ1) is 13.5. The van der Waals surface area contributed by atoms with Crippen molar-refractivity contribution in [1.29, 1.82) is 0 Å². The number of halogens is 1. The Labute approximate surface area is 110 Å². The average molecular weight is 269 g/mol. The Kier molecular flexibility index (Phi) is 3.84. The molecule has 2 rings (SSSR count). The van der Waals surface area contributed by atoms with Gasteiger partial charge in [0, 0.05) is 30.4 Å². The van der Waals surface area contributed by atoms with Crippen LogP contribution in [0.5, 0.6) is 5.75 Å². The van der Waals surface area contributed by atoms with Crippen LogP contribution in [-0.4, -0.2) is 37.3 Å². The minimum absolute atomic E-state index is 0.100. The molecule has 0 aliphatic carbocycles. The van der Waals surface area contributed by atoms with Gasteiger partial charge in [0.25, 0.3) is 0 Å². The maximum absolute atomic E-state index is 13.6. The molecule has 0 saturated carbocycles. The van der Waals surface area contributed by atoms with Crippen molar-refractivity contribution in [3.8, 4) is 5.75 Å². The topological polar surface area (TPSA) is 81.6 Å². The number of piperidine rings is 1. The molecular weight excluding hydrogens is 253 g/mol. The molecule has 1 aromatic rings. The second-order valence-electron chi connectivity index (χ2n) is 4.53. The molecule has 1 aromatic carbocycles. The van der Waals surface area contributed by atoms with Crippen LogP contribution in [0.3, 0.4) is 0 Å². The first-order chi connectivity index (χ1) is 9.02. The van der Waals surface area contributed by atoms with Gasteiger partial charge < -0.3 is 15.4 Å². The minimum Gasteiger partial charge on any atom is -0.490 e. The van der Waals surface area contributed by atoms with Gasteiger partial charge in [-0.3, -0.25) is 10.1 Å². The van der Waals surface area contributed by atoms with E-state index in [9.17, 15) is 14.5 Å². The highest BCUT2D eigenvalue weighted by atomic mass is 19.1. The van der Waals surface area contributed by atoms with Gasteiger partial charge in [-0.05, 0) is 12.5 Å². The number of nitro benzene ring substituents is 1. The third-order valence-corrected chi connectivity index (χ3v) is 3.32. The van der Waals surface area contributed by atoms with E-state index in [2.05, 4.69) is 0 Å². The number of hydrogen-bond acceptors (Lipinski definition) is 5. The van der Waals surface area contributed by atoms with Gasteiger partial charge in [-0.1, -0.05) is 0 Å². The first-order valence-electron chi connectivity index (χ1n) is 6.00. The first-order valence-corrected chi connectivity index (χ1v) is 6.00. The number of anilines is 1. The fourth-order valence-electron chi connectivity index (χ4n) is 2.17. The minimum atomic E-state index is -1.09. The Morgan fingerprint density at radius 1 is 1.58 bits per heavy atom. The number of alkyl halides is 1. The van der Waals surface area contributed by atoms with E-state index in [4.69, 9.17) is 10.5 Å². The van der Waals surface area contributed by atoms with Crippen molar-refractivity contribution in [3.05, 3.63) is 28.3 Å². The standard InChI is InChI=1S/C12H16FN3O3/c1-19-12-6-8(2-3-11(12)16(17)18)15-5-4-10(14)9(13)7-15/h2-3,6,9-10H,4-5,7,14H2,1H3/t9-,10-/m0/s1. The third kappa shape index (κ3) is 2.76. The Morgan fingerprint density at radius 2 is 2.32 bits per heavy atom. The molecule has 1 aliphatic rings. The van der Waals surface area contributed by atoms with E-state index in [0.717, 1.165) is 0 Å². The van der Waals surface area contributed by atoms with Crippen molar-refractivity contribution in [3.63, 3.8) is 0 Å². The Bertz CT molecular complexity index is 483. The second-order valence-corrected chi connectivity index (χ2v) is 4.53. The summed E-state index contributed by atoms with van der Waals surface area (Å²) < 4.78 is 18.6. The Morgan fingerprint density at radius 3 is 2.89 bits per heavy atom. The van der Waals surface area contributed by atoms with Gasteiger partial charge in [-0.25, -0.2) is 4.39 Å². The normalized spacial score (nSPS) is 23.2. The van der Waals surface area contributed by atoms with Crippen LogP contribution in [0.25, 0.3) is 0 Å². The average Bonchev–Trinajstić information content (AvgIpc) is 2.41. The van der Waals surface area contributed by atoms with Crippen LogP contribution in [0.15, 0.2) is 18.2 Å². The predicted octanol–water partition coefficient (Wildman–Crippen LogP) is 1.48. The van der Waals surface area contributed by atoms with E-state index in [0.29, 0.717) is 18.7 Å². The number of hydrogen-bond donors (Lipinski definition) is 1. The lowest BCUT2D eigenvalue weighted by molar-refractivity contribution is -0.385. The molecule has 1 fully saturated rings. The van der Waals surface area contributed by atoms with E-state index in [-0.39, 0.29) is 18.0 Å². The lowest BCUT2D eigenvalue weighted by Gasteiger charge is -2.34. The highest BCUT2D eigenvalue weighted by molar-refractivity contribution is 5.59. The highest BCUT2D eigenvalue weighted by Gasteiger charge is 2.27. The summed E-state index contributed by atoms with van der Waals surface area (Å²) in [4.78, 5) is 12.1. The van der Waals surface area contributed by atoms with Gasteiger partial charge in [0.1, 0.15) is 6.17 Å². The third-order valence-electron chi connectivity index (χ3n) is 3.32. The lowest BCUT2D eigenvalue weighted by Crippen LogP contribution is -2.48. The molecule has 0 bridgehead atoms. The summed E-state index contributed by atoms with van der Waals surface area (Å²) in [6.45, 7) is 0.824. The number of nitro groups is 1. The van der Waals surface area contributed by atoms with Crippen molar-refractivity contribution in [2.75, 3.05) is 25.1 Å². The molecule has 1 heterocycles. The summed E-state index contributed by atoms with van der Waals surface area (Å²) >= 11 is 0. The summed E-state index contributed by atoms with van der Waals surface area (Å²) in [7, 11) is 1.37. The predicted molar refractivity (Wildman–Crippen MR) is 69.3 cm³/mol. The van der Waals surface area contributed by atoms with Crippen molar-refractivity contribution in [2.24, 2.45) is 5.73 Å². The molecule has 104 valence electrons. The van der Waals surface area contributed by atoms with E-state index in [1.165, 1.54) is 13.2 Å². The molecule has 1 saturated heterocycles. The van der Waals surface area contributed by atoms with E-state index >= 15 is 0 Å². The largest absolute Gasteiger partial charge is 0.490 e. The van der Waals surface area contributed by atoms with Gasteiger partial charge in [0.2, 0.25) is 0 Å². The van der Waals surface area contributed by atoms with Crippen LogP contribution < -0.4 is 15.4 Å². The van der Waals surface area contributed by atoms with Crippen molar-refractivity contribution in [2.45, 2.75) is 18.6 Å². The lowest BCUT2D eigenvalue weighted by atomic mass is 10.0. The van der Waals surface area contributed by atoms with E-state index < -0.39 is 17.1 Å². The van der Waals surface area contributed by atoms with E-state index in [1.807, 2.05) is 4.90 Å². The smallest absolute Gasteiger partial charge is 0.311 e. The molecule has 0 spiro atoms. The maximum Gasteiger partial charge on any atom is 0.311 e. The summed E-state index contributed by atoms with van der Waals surface area (Å²) in [5, 5.41) is 10.8. The van der Waals surface area contributed by atoms with Crippen molar-refractivity contribution in [1.82, 2.24) is 0 Å². The number of nitrogens with two attached hydrogens (primary N) is 1. The molecular formula is C12H16FN3O3. The molecule has 2 N–H and O–H groups in total. The Balaban J connectivity index is 2.24. The summed E-state index contributed by atoms with van der Waals surface area (Å²) in [5.41, 5.74) is 6.23. The second kappa shape index (κ2) is 5.40. The van der Waals surface area contributed by atoms with Gasteiger partial charge in [-0.2, -0.15) is 0 Å². The molecule has 0 radical (unpaired) electrons. The number of rotatable bonds is 3. The summed E-state index contributed by atoms with van der Waals surface area (Å²) in [6.07, 6.45) is -0.532. The molecule has 6 nitrogen and oxygen atoms in total. The van der Waals surface area contributed by atoms with Gasteiger partial charge in [0.15, 0.2) is 5.75 Å². The van der Waals surface area contributed by atoms with Crippen LogP contribution in [0, 0.1) is 10.1 Å². The number of benzene rings is 1. The molecule has 0 amide bonds. The monoisotopic (exact) mass is 269 g/mol. The Hall–Kier alpha value is -1.89. The van der Waals surface area contributed by atoms with Crippen LogP contribution >= 0.6 is 0 Å². The van der Waals surface area contributed by atoms with Crippen LogP contribution in [-0.2, 0) is 0 Å². The fourth-order valence-corrected chi connectivity index (χ4v) is 2.17. The summed E-state index contributed by atoms with van der Waals surface area (Å²) in [6, 6.07) is 4.10. The van der Waals surface area contributed by atoms with Crippen molar-refractivity contribution < 1.29 is 14.1 Å². The fraction of sp³-hybridized carbons (Fsp3) is 0.500. The van der Waals surface area contributed by atoms with Gasteiger partial charge in [-0.15, -0.1) is 0 Å². The molecule has 0 aromatic heterocycles. The van der Waals surface area contributed by atoms with Gasteiger partial charge in [0.05, 0.1) is 18.6 Å². The number of nitrogens with zero attached hydrogens (tertiary/aromatic N) is 2.